The number of hydrogen-bond donors (Lipinski definition) is 1. The Labute approximate surface area is 102 Å². The van der Waals surface area contributed by atoms with Crippen molar-refractivity contribution in [1.29, 1.82) is 0 Å². The topological polar surface area (TPSA) is 104 Å². The van der Waals surface area contributed by atoms with Crippen molar-refractivity contribution < 1.29 is 8.42 Å². The third-order valence-corrected chi connectivity index (χ3v) is 3.64. The van der Waals surface area contributed by atoms with Gasteiger partial charge in [-0.2, -0.15) is 0 Å². The molecule has 0 spiro atoms. The van der Waals surface area contributed by atoms with Gasteiger partial charge in [0.2, 0.25) is 0 Å². The Bertz CT molecular complexity index is 614. The van der Waals surface area contributed by atoms with Crippen molar-refractivity contribution in [3.63, 3.8) is 0 Å². The van der Waals surface area contributed by atoms with E-state index >= 15 is 0 Å². The Balaban J connectivity index is 2.68. The molecule has 0 bridgehead atoms. The molecule has 0 atom stereocenters. The normalized spacial score (nSPS) is 12.2. The summed E-state index contributed by atoms with van der Waals surface area (Å²) in [6.45, 7) is 3.67. The minimum absolute atomic E-state index is 0.115. The molecule has 2 aromatic rings. The SMILES string of the molecule is CC(C)n1c(-c2cncs2)nnc1S(N)(=O)=O. The van der Waals surface area contributed by atoms with Gasteiger partial charge >= 0.3 is 0 Å². The lowest BCUT2D eigenvalue weighted by atomic mass is 10.3. The predicted octanol–water partition coefficient (Wildman–Crippen LogP) is 0.630. The summed E-state index contributed by atoms with van der Waals surface area (Å²) in [5, 5.41) is 12.4. The highest BCUT2D eigenvalue weighted by Crippen LogP contribution is 2.26. The van der Waals surface area contributed by atoms with Crippen LogP contribution in [0.5, 0.6) is 0 Å². The first-order valence-electron chi connectivity index (χ1n) is 4.78. The van der Waals surface area contributed by atoms with Crippen LogP contribution in [-0.4, -0.2) is 28.2 Å². The summed E-state index contributed by atoms with van der Waals surface area (Å²) < 4.78 is 24.3. The van der Waals surface area contributed by atoms with E-state index in [0.717, 1.165) is 4.88 Å². The number of nitrogens with two attached hydrogens (primary N) is 1. The fraction of sp³-hybridized carbons (Fsp3) is 0.375. The van der Waals surface area contributed by atoms with Crippen LogP contribution in [0.3, 0.4) is 0 Å². The number of aromatic nitrogens is 4. The van der Waals surface area contributed by atoms with Crippen molar-refractivity contribution >= 4 is 21.4 Å². The molecule has 0 fully saturated rings. The van der Waals surface area contributed by atoms with Gasteiger partial charge in [0.25, 0.3) is 15.2 Å². The fourth-order valence-electron chi connectivity index (χ4n) is 1.43. The average Bonchev–Trinajstić information content (AvgIpc) is 2.84. The van der Waals surface area contributed by atoms with Gasteiger partial charge in [0.15, 0.2) is 5.82 Å². The van der Waals surface area contributed by atoms with Gasteiger partial charge in [0.05, 0.1) is 10.4 Å². The van der Waals surface area contributed by atoms with E-state index in [4.69, 9.17) is 5.14 Å². The lowest BCUT2D eigenvalue weighted by molar-refractivity contribution is 0.525. The Hall–Kier alpha value is -1.32. The summed E-state index contributed by atoms with van der Waals surface area (Å²) in [7, 11) is -3.88. The van der Waals surface area contributed by atoms with Gasteiger partial charge in [-0.25, -0.2) is 13.6 Å². The van der Waals surface area contributed by atoms with E-state index in [9.17, 15) is 8.42 Å². The van der Waals surface area contributed by atoms with Crippen LogP contribution >= 0.6 is 11.3 Å². The highest BCUT2D eigenvalue weighted by atomic mass is 32.2. The molecule has 2 aromatic heterocycles. The van der Waals surface area contributed by atoms with Gasteiger partial charge in [0, 0.05) is 12.2 Å². The quantitative estimate of drug-likeness (QED) is 0.883. The van der Waals surface area contributed by atoms with Crippen molar-refractivity contribution in [2.75, 3.05) is 0 Å². The lowest BCUT2D eigenvalue weighted by Crippen LogP contribution is -2.19. The van der Waals surface area contributed by atoms with Crippen molar-refractivity contribution in [2.24, 2.45) is 5.14 Å². The lowest BCUT2D eigenvalue weighted by Gasteiger charge is -2.11. The van der Waals surface area contributed by atoms with Crippen LogP contribution in [-0.2, 0) is 10.0 Å². The van der Waals surface area contributed by atoms with E-state index < -0.39 is 10.0 Å². The third kappa shape index (κ3) is 2.21. The Morgan fingerprint density at radius 3 is 2.59 bits per heavy atom. The van der Waals surface area contributed by atoms with Crippen molar-refractivity contribution in [3.05, 3.63) is 11.7 Å². The standard InChI is InChI=1S/C8H11N5O2S2/c1-5(2)13-7(6-3-10-4-16-6)11-12-8(13)17(9,14)15/h3-5H,1-2H3,(H2,9,14,15). The molecule has 2 N–H and O–H groups in total. The van der Waals surface area contributed by atoms with E-state index in [0.29, 0.717) is 5.82 Å². The second-order valence-electron chi connectivity index (χ2n) is 3.68. The summed E-state index contributed by atoms with van der Waals surface area (Å²) in [5.74, 6) is 0.464. The zero-order valence-corrected chi connectivity index (χ0v) is 10.9. The van der Waals surface area contributed by atoms with Crippen molar-refractivity contribution in [1.82, 2.24) is 19.7 Å². The molecule has 0 aliphatic carbocycles. The Kier molecular flexibility index (Phi) is 2.98. The number of primary sulfonamides is 1. The molecule has 0 saturated carbocycles. The summed E-state index contributed by atoms with van der Waals surface area (Å²) in [6, 6.07) is -0.115. The maximum absolute atomic E-state index is 11.4. The number of rotatable bonds is 3. The molecule has 2 heterocycles. The minimum atomic E-state index is -3.88. The van der Waals surface area contributed by atoms with Crippen LogP contribution in [0.1, 0.15) is 19.9 Å². The van der Waals surface area contributed by atoms with Crippen LogP contribution in [0, 0.1) is 0 Å². The molecular formula is C8H11N5O2S2. The molecule has 0 amide bonds. The van der Waals surface area contributed by atoms with Gasteiger partial charge in [-0.1, -0.05) is 0 Å². The molecule has 92 valence electrons. The monoisotopic (exact) mass is 273 g/mol. The van der Waals surface area contributed by atoms with Crippen LogP contribution in [0.25, 0.3) is 10.7 Å². The average molecular weight is 273 g/mol. The van der Waals surface area contributed by atoms with Crippen LogP contribution in [0.15, 0.2) is 16.9 Å². The highest BCUT2D eigenvalue weighted by Gasteiger charge is 2.24. The minimum Gasteiger partial charge on any atom is -0.293 e. The van der Waals surface area contributed by atoms with Crippen molar-refractivity contribution in [3.8, 4) is 10.7 Å². The first-order chi connectivity index (χ1) is 7.91. The molecule has 0 saturated heterocycles. The molecule has 0 unspecified atom stereocenters. The highest BCUT2D eigenvalue weighted by molar-refractivity contribution is 7.89. The van der Waals surface area contributed by atoms with Gasteiger partial charge in [-0.15, -0.1) is 21.5 Å². The van der Waals surface area contributed by atoms with Crippen LogP contribution in [0.4, 0.5) is 0 Å². The van der Waals surface area contributed by atoms with Crippen LogP contribution in [0.2, 0.25) is 0 Å². The van der Waals surface area contributed by atoms with Gasteiger partial charge in [-0.3, -0.25) is 9.55 Å². The maximum Gasteiger partial charge on any atom is 0.273 e. The molecule has 9 heteroatoms. The predicted molar refractivity (Wildman–Crippen MR) is 62.9 cm³/mol. The molecule has 0 aliphatic heterocycles. The molecular weight excluding hydrogens is 262 g/mol. The first-order valence-corrected chi connectivity index (χ1v) is 7.20. The van der Waals surface area contributed by atoms with E-state index in [1.165, 1.54) is 15.9 Å². The summed E-state index contributed by atoms with van der Waals surface area (Å²) in [5.41, 5.74) is 1.64. The molecule has 7 nitrogen and oxygen atoms in total. The largest absolute Gasteiger partial charge is 0.293 e. The second kappa shape index (κ2) is 4.17. The number of nitrogens with zero attached hydrogens (tertiary/aromatic N) is 4. The van der Waals surface area contributed by atoms with Gasteiger partial charge in [-0.05, 0) is 13.8 Å². The summed E-state index contributed by atoms with van der Waals surface area (Å²) >= 11 is 1.36. The van der Waals surface area contributed by atoms with Gasteiger partial charge < -0.3 is 0 Å². The number of hydrogen-bond acceptors (Lipinski definition) is 6. The molecule has 0 aliphatic rings. The second-order valence-corrected chi connectivity index (χ2v) is 6.02. The van der Waals surface area contributed by atoms with E-state index in [1.54, 1.807) is 11.7 Å². The fourth-order valence-corrected chi connectivity index (χ4v) is 2.76. The third-order valence-electron chi connectivity index (χ3n) is 2.09. The smallest absolute Gasteiger partial charge is 0.273 e. The molecule has 17 heavy (non-hydrogen) atoms. The number of thiazole rings is 1. The maximum atomic E-state index is 11.4. The zero-order valence-electron chi connectivity index (χ0n) is 9.23. The molecule has 2 rings (SSSR count). The van der Waals surface area contributed by atoms with E-state index in [-0.39, 0.29) is 11.2 Å². The van der Waals surface area contributed by atoms with E-state index in [1.807, 2.05) is 13.8 Å². The Morgan fingerprint density at radius 1 is 1.41 bits per heavy atom. The zero-order chi connectivity index (χ0) is 12.6. The first kappa shape index (κ1) is 12.1. The van der Waals surface area contributed by atoms with Gasteiger partial charge in [0.1, 0.15) is 0 Å². The summed E-state index contributed by atoms with van der Waals surface area (Å²) in [6.07, 6.45) is 1.61. The number of sulfonamides is 1. The molecule has 0 radical (unpaired) electrons. The molecule has 0 aromatic carbocycles. The summed E-state index contributed by atoms with van der Waals surface area (Å²) in [4.78, 5) is 4.68. The Morgan fingerprint density at radius 2 is 2.12 bits per heavy atom. The van der Waals surface area contributed by atoms with Crippen LogP contribution < -0.4 is 5.14 Å². The van der Waals surface area contributed by atoms with E-state index in [2.05, 4.69) is 15.2 Å². The van der Waals surface area contributed by atoms with Crippen molar-refractivity contribution in [2.45, 2.75) is 25.0 Å².